The van der Waals surface area contributed by atoms with Crippen molar-refractivity contribution in [2.24, 2.45) is 0 Å². The maximum absolute atomic E-state index is 12.5. The van der Waals surface area contributed by atoms with E-state index in [-0.39, 0.29) is 12.0 Å². The Labute approximate surface area is 181 Å². The number of benzene rings is 2. The van der Waals surface area contributed by atoms with Gasteiger partial charge in [-0.2, -0.15) is 0 Å². The summed E-state index contributed by atoms with van der Waals surface area (Å²) in [6, 6.07) is 17.9. The van der Waals surface area contributed by atoms with E-state index in [0.717, 1.165) is 24.1 Å². The average Bonchev–Trinajstić information content (AvgIpc) is 2.80. The Hall–Kier alpha value is -2.74. The first-order chi connectivity index (χ1) is 14.7. The van der Waals surface area contributed by atoms with Gasteiger partial charge in [0.2, 0.25) is 0 Å². The number of rotatable bonds is 10. The molecule has 1 unspecified atom stereocenters. The smallest absolute Gasteiger partial charge is 0.258 e. The second-order valence-electron chi connectivity index (χ2n) is 6.72. The predicted molar refractivity (Wildman–Crippen MR) is 121 cm³/mol. The number of hydrogen-bond donors (Lipinski definition) is 2. The van der Waals surface area contributed by atoms with Gasteiger partial charge in [-0.3, -0.25) is 4.79 Å². The van der Waals surface area contributed by atoms with Crippen LogP contribution in [0.4, 0.5) is 5.69 Å². The van der Waals surface area contributed by atoms with Crippen molar-refractivity contribution in [2.75, 3.05) is 25.2 Å². The van der Waals surface area contributed by atoms with Crippen LogP contribution < -0.4 is 10.6 Å². The number of ether oxygens (including phenoxy) is 1. The van der Waals surface area contributed by atoms with Gasteiger partial charge in [-0.1, -0.05) is 54.2 Å². The van der Waals surface area contributed by atoms with Crippen LogP contribution in [0.3, 0.4) is 0 Å². The van der Waals surface area contributed by atoms with Gasteiger partial charge in [0, 0.05) is 18.1 Å². The van der Waals surface area contributed by atoms with Crippen LogP contribution in [0.15, 0.2) is 72.1 Å². The summed E-state index contributed by atoms with van der Waals surface area (Å²) in [6.07, 6.45) is 5.84. The second kappa shape index (κ2) is 11.4. The third-order valence-corrected chi connectivity index (χ3v) is 5.11. The molecular weight excluding hydrogens is 396 g/mol. The Morgan fingerprint density at radius 2 is 1.87 bits per heavy atom. The van der Waals surface area contributed by atoms with Gasteiger partial charge in [0.15, 0.2) is 5.16 Å². The summed E-state index contributed by atoms with van der Waals surface area (Å²) < 4.78 is 6.21. The van der Waals surface area contributed by atoms with Gasteiger partial charge < -0.3 is 15.4 Å². The number of carbonyl (C=O) groups is 1. The number of carbonyl (C=O) groups excluding carboxylic acids is 1. The predicted octanol–water partition coefficient (Wildman–Crippen LogP) is 4.32. The Balaban J connectivity index is 1.63. The van der Waals surface area contributed by atoms with Crippen molar-refractivity contribution in [3.05, 3.63) is 83.7 Å². The Morgan fingerprint density at radius 3 is 2.57 bits per heavy atom. The van der Waals surface area contributed by atoms with Gasteiger partial charge >= 0.3 is 0 Å². The molecule has 0 saturated carbocycles. The minimum atomic E-state index is -0.239. The van der Waals surface area contributed by atoms with Gasteiger partial charge in [-0.05, 0) is 49.5 Å². The average molecular weight is 423 g/mol. The van der Waals surface area contributed by atoms with Gasteiger partial charge in [0.05, 0.1) is 18.3 Å². The number of anilines is 1. The third kappa shape index (κ3) is 6.38. The van der Waals surface area contributed by atoms with Crippen LogP contribution in [0.25, 0.3) is 0 Å². The fourth-order valence-electron chi connectivity index (χ4n) is 2.97. The highest BCUT2D eigenvalue weighted by molar-refractivity contribution is 7.98. The second-order valence-corrected chi connectivity index (χ2v) is 7.49. The SMILES string of the molecule is CNCCC(OCc1cccc(NC(=O)c2cnc(SC)nc2)c1)c1ccccc1. The van der Waals surface area contributed by atoms with E-state index in [9.17, 15) is 4.79 Å². The van der Waals surface area contributed by atoms with Crippen LogP contribution in [0, 0.1) is 0 Å². The van der Waals surface area contributed by atoms with E-state index in [1.54, 1.807) is 0 Å². The van der Waals surface area contributed by atoms with Crippen LogP contribution >= 0.6 is 11.8 Å². The minimum Gasteiger partial charge on any atom is -0.369 e. The van der Waals surface area contributed by atoms with Crippen LogP contribution in [0.5, 0.6) is 0 Å². The van der Waals surface area contributed by atoms with Gasteiger partial charge in [0.25, 0.3) is 5.91 Å². The van der Waals surface area contributed by atoms with Crippen LogP contribution in [0.1, 0.15) is 34.0 Å². The molecule has 0 aliphatic rings. The van der Waals surface area contributed by atoms with Crippen molar-refractivity contribution in [3.8, 4) is 0 Å². The van der Waals surface area contributed by atoms with Gasteiger partial charge in [-0.25, -0.2) is 9.97 Å². The van der Waals surface area contributed by atoms with Crippen molar-refractivity contribution in [2.45, 2.75) is 24.3 Å². The fourth-order valence-corrected chi connectivity index (χ4v) is 3.28. The largest absolute Gasteiger partial charge is 0.369 e. The first-order valence-electron chi connectivity index (χ1n) is 9.77. The molecule has 156 valence electrons. The number of thioether (sulfide) groups is 1. The normalized spacial score (nSPS) is 11.8. The molecule has 2 aromatic carbocycles. The monoisotopic (exact) mass is 422 g/mol. The molecule has 0 radical (unpaired) electrons. The molecule has 6 nitrogen and oxygen atoms in total. The number of aromatic nitrogens is 2. The molecule has 1 atom stereocenters. The minimum absolute atomic E-state index is 0.00370. The molecule has 0 aliphatic heterocycles. The Kier molecular flexibility index (Phi) is 8.38. The summed E-state index contributed by atoms with van der Waals surface area (Å²) in [4.78, 5) is 20.7. The molecule has 1 heterocycles. The molecule has 0 saturated heterocycles. The molecule has 30 heavy (non-hydrogen) atoms. The quantitative estimate of drug-likeness (QED) is 0.374. The summed E-state index contributed by atoms with van der Waals surface area (Å²) in [5.41, 5.74) is 3.28. The van der Waals surface area contributed by atoms with Crippen molar-refractivity contribution < 1.29 is 9.53 Å². The highest BCUT2D eigenvalue weighted by Crippen LogP contribution is 2.23. The summed E-state index contributed by atoms with van der Waals surface area (Å²) in [5.74, 6) is -0.239. The van der Waals surface area contributed by atoms with Gasteiger partial charge in [-0.15, -0.1) is 0 Å². The standard InChI is InChI=1S/C23H26N4O2S/c1-24-12-11-21(18-8-4-3-5-9-18)29-16-17-7-6-10-20(13-17)27-22(28)19-14-25-23(30-2)26-15-19/h3-10,13-15,21,24H,11-12,16H2,1-2H3,(H,27,28). The van der Waals surface area contributed by atoms with E-state index < -0.39 is 0 Å². The topological polar surface area (TPSA) is 76.1 Å². The fraction of sp³-hybridized carbons (Fsp3) is 0.261. The maximum atomic E-state index is 12.5. The van der Waals surface area contributed by atoms with E-state index in [0.29, 0.717) is 23.0 Å². The van der Waals surface area contributed by atoms with Crippen LogP contribution in [0.2, 0.25) is 0 Å². The molecule has 1 amide bonds. The van der Waals surface area contributed by atoms with E-state index in [2.05, 4.69) is 32.7 Å². The maximum Gasteiger partial charge on any atom is 0.258 e. The lowest BCUT2D eigenvalue weighted by Crippen LogP contribution is -2.15. The van der Waals surface area contributed by atoms with E-state index in [1.165, 1.54) is 24.2 Å². The summed E-state index contributed by atoms with van der Waals surface area (Å²) in [5, 5.41) is 6.71. The summed E-state index contributed by atoms with van der Waals surface area (Å²) in [7, 11) is 1.94. The van der Waals surface area contributed by atoms with Crippen molar-refractivity contribution in [1.82, 2.24) is 15.3 Å². The Morgan fingerprint density at radius 1 is 1.10 bits per heavy atom. The zero-order valence-corrected chi connectivity index (χ0v) is 18.0. The molecule has 2 N–H and O–H groups in total. The molecule has 1 aromatic heterocycles. The Bertz CT molecular complexity index is 935. The van der Waals surface area contributed by atoms with E-state index in [4.69, 9.17) is 4.74 Å². The molecule has 0 bridgehead atoms. The molecule has 0 fully saturated rings. The molecule has 0 aliphatic carbocycles. The van der Waals surface area contributed by atoms with Crippen molar-refractivity contribution in [3.63, 3.8) is 0 Å². The number of nitrogens with zero attached hydrogens (tertiary/aromatic N) is 2. The first-order valence-corrected chi connectivity index (χ1v) is 11.0. The van der Waals surface area contributed by atoms with Gasteiger partial charge in [0.1, 0.15) is 0 Å². The highest BCUT2D eigenvalue weighted by atomic mass is 32.2. The number of hydrogen-bond acceptors (Lipinski definition) is 6. The van der Waals surface area contributed by atoms with Crippen molar-refractivity contribution in [1.29, 1.82) is 0 Å². The molecular formula is C23H26N4O2S. The first kappa shape index (κ1) is 22.0. The number of amides is 1. The number of nitrogens with one attached hydrogen (secondary N) is 2. The van der Waals surface area contributed by atoms with Crippen LogP contribution in [-0.4, -0.2) is 35.7 Å². The highest BCUT2D eigenvalue weighted by Gasteiger charge is 2.12. The lowest BCUT2D eigenvalue weighted by molar-refractivity contribution is 0.0344. The summed E-state index contributed by atoms with van der Waals surface area (Å²) in [6.45, 7) is 1.32. The van der Waals surface area contributed by atoms with Crippen LogP contribution in [-0.2, 0) is 11.3 Å². The zero-order valence-electron chi connectivity index (χ0n) is 17.2. The molecule has 3 aromatic rings. The lowest BCUT2D eigenvalue weighted by atomic mass is 10.1. The zero-order chi connectivity index (χ0) is 21.2. The lowest BCUT2D eigenvalue weighted by Gasteiger charge is -2.19. The molecule has 7 heteroatoms. The third-order valence-electron chi connectivity index (χ3n) is 4.54. The molecule has 0 spiro atoms. The molecule has 3 rings (SSSR count). The summed E-state index contributed by atoms with van der Waals surface area (Å²) >= 11 is 1.43. The van der Waals surface area contributed by atoms with Crippen molar-refractivity contribution >= 4 is 23.4 Å². The van der Waals surface area contributed by atoms with E-state index >= 15 is 0 Å². The van der Waals surface area contributed by atoms with E-state index in [1.807, 2.05) is 55.8 Å².